The van der Waals surface area contributed by atoms with Gasteiger partial charge in [0.15, 0.2) is 0 Å². The maximum atomic E-state index is 11.3. The molecule has 136 valence electrons. The summed E-state index contributed by atoms with van der Waals surface area (Å²) in [5.41, 5.74) is -0.480. The van der Waals surface area contributed by atoms with Gasteiger partial charge in [0, 0.05) is 6.92 Å². The second kappa shape index (κ2) is 11.2. The molecule has 0 aromatic heterocycles. The fourth-order valence-corrected chi connectivity index (χ4v) is 3.83. The van der Waals surface area contributed by atoms with Gasteiger partial charge in [-0.25, -0.2) is 0 Å². The van der Waals surface area contributed by atoms with Crippen molar-refractivity contribution in [2.45, 2.75) is 62.4 Å². The molecule has 7 nitrogen and oxygen atoms in total. The molecule has 0 radical (unpaired) electrons. The molecule has 0 spiro atoms. The molecule has 1 fully saturated rings. The number of carbonyl (C=O) groups is 1. The van der Waals surface area contributed by atoms with Crippen LogP contribution in [-0.4, -0.2) is 77.0 Å². The summed E-state index contributed by atoms with van der Waals surface area (Å²) in [5.74, 6) is 0.548. The Morgan fingerprint density at radius 2 is 1.87 bits per heavy atom. The quantitative estimate of drug-likeness (QED) is 0.336. The fraction of sp³-hybridized carbons (Fsp3) is 0.933. The van der Waals surface area contributed by atoms with Crippen molar-refractivity contribution in [3.63, 3.8) is 0 Å². The smallest absolute Gasteiger partial charge is 0.217 e. The summed E-state index contributed by atoms with van der Waals surface area (Å²) in [6.45, 7) is 2.01. The molecule has 5 atom stereocenters. The van der Waals surface area contributed by atoms with Crippen molar-refractivity contribution in [1.82, 2.24) is 10.6 Å². The van der Waals surface area contributed by atoms with Crippen molar-refractivity contribution in [1.29, 1.82) is 0 Å². The summed E-state index contributed by atoms with van der Waals surface area (Å²) in [6.07, 6.45) is 1.23. The Kier molecular flexibility index (Phi) is 10.1. The first-order valence-electron chi connectivity index (χ1n) is 8.17. The maximum absolute atomic E-state index is 11.3. The summed E-state index contributed by atoms with van der Waals surface area (Å²) >= 11 is 1.50. The zero-order chi connectivity index (χ0) is 17.2. The summed E-state index contributed by atoms with van der Waals surface area (Å²) in [7, 11) is 1.94. The number of aliphatic hydroxyl groups excluding tert-OH is 3. The largest absolute Gasteiger partial charge is 0.394 e. The lowest BCUT2D eigenvalue weighted by molar-refractivity contribution is -0.173. The molecule has 5 N–H and O–H groups in total. The van der Waals surface area contributed by atoms with Crippen LogP contribution in [0.4, 0.5) is 0 Å². The van der Waals surface area contributed by atoms with Crippen molar-refractivity contribution in [3.05, 3.63) is 0 Å². The number of nitrogens with one attached hydrogen (secondary N) is 2. The highest BCUT2D eigenvalue weighted by Crippen LogP contribution is 2.29. The number of unbranched alkanes of at least 4 members (excludes halogenated alkanes) is 3. The third-order valence-corrected chi connectivity index (χ3v) is 5.11. The van der Waals surface area contributed by atoms with Crippen LogP contribution in [0.3, 0.4) is 0 Å². The highest BCUT2D eigenvalue weighted by Gasteiger charge is 2.44. The van der Waals surface area contributed by atoms with Gasteiger partial charge < -0.3 is 30.7 Å². The lowest BCUT2D eigenvalue weighted by Gasteiger charge is -2.42. The third-order valence-electron chi connectivity index (χ3n) is 3.85. The van der Waals surface area contributed by atoms with E-state index in [0.717, 1.165) is 38.0 Å². The van der Waals surface area contributed by atoms with Crippen LogP contribution in [0.5, 0.6) is 0 Å². The number of aliphatic hydroxyl groups is 3. The van der Waals surface area contributed by atoms with Crippen LogP contribution in [0, 0.1) is 0 Å². The zero-order valence-corrected chi connectivity index (χ0v) is 14.7. The van der Waals surface area contributed by atoms with Crippen molar-refractivity contribution in [3.8, 4) is 0 Å². The van der Waals surface area contributed by atoms with Crippen LogP contribution in [0.1, 0.15) is 32.6 Å². The number of amides is 1. The van der Waals surface area contributed by atoms with E-state index in [9.17, 15) is 20.1 Å². The second-order valence-corrected chi connectivity index (χ2v) is 7.03. The molecule has 1 rings (SSSR count). The number of ether oxygens (including phenoxy) is 1. The Morgan fingerprint density at radius 3 is 2.48 bits per heavy atom. The maximum Gasteiger partial charge on any atom is 0.217 e. The van der Waals surface area contributed by atoms with Crippen molar-refractivity contribution < 1.29 is 24.9 Å². The van der Waals surface area contributed by atoms with Gasteiger partial charge in [-0.05, 0) is 32.2 Å². The number of rotatable bonds is 10. The SMILES string of the molecule is CNCCCCCCSC1OC(CO)C(O)C(O)C1NC(C)=O. The Labute approximate surface area is 142 Å². The lowest BCUT2D eigenvalue weighted by Crippen LogP contribution is -2.63. The van der Waals surface area contributed by atoms with Gasteiger partial charge >= 0.3 is 0 Å². The highest BCUT2D eigenvalue weighted by molar-refractivity contribution is 7.99. The van der Waals surface area contributed by atoms with E-state index < -0.39 is 29.8 Å². The van der Waals surface area contributed by atoms with Gasteiger partial charge in [-0.15, -0.1) is 11.8 Å². The van der Waals surface area contributed by atoms with E-state index in [1.54, 1.807) is 0 Å². The fourth-order valence-electron chi connectivity index (χ4n) is 2.57. The summed E-state index contributed by atoms with van der Waals surface area (Å²) < 4.78 is 5.66. The Morgan fingerprint density at radius 1 is 1.17 bits per heavy atom. The Balaban J connectivity index is 2.45. The first-order valence-corrected chi connectivity index (χ1v) is 9.22. The highest BCUT2D eigenvalue weighted by atomic mass is 32.2. The number of hydrogen-bond acceptors (Lipinski definition) is 7. The molecule has 1 saturated heterocycles. The van der Waals surface area contributed by atoms with Crippen LogP contribution >= 0.6 is 11.8 Å². The monoisotopic (exact) mass is 350 g/mol. The standard InChI is InChI=1S/C15H30N2O5S/c1-10(19)17-12-14(21)13(20)11(9-18)22-15(12)23-8-6-4-3-5-7-16-2/h11-16,18,20-21H,3-9H2,1-2H3,(H,17,19). The van der Waals surface area contributed by atoms with Gasteiger partial charge in [0.2, 0.25) is 5.91 Å². The predicted octanol–water partition coefficient (Wildman–Crippen LogP) is -0.557. The van der Waals surface area contributed by atoms with E-state index in [-0.39, 0.29) is 12.5 Å². The third kappa shape index (κ3) is 6.94. The molecule has 1 aliphatic rings. The average molecular weight is 350 g/mol. The van der Waals surface area contributed by atoms with E-state index >= 15 is 0 Å². The molecule has 1 heterocycles. The molecule has 0 bridgehead atoms. The van der Waals surface area contributed by atoms with Gasteiger partial charge in [0.1, 0.15) is 23.7 Å². The number of hydrogen-bond donors (Lipinski definition) is 5. The van der Waals surface area contributed by atoms with Crippen molar-refractivity contribution >= 4 is 17.7 Å². The first kappa shape index (κ1) is 20.7. The lowest BCUT2D eigenvalue weighted by atomic mass is 9.98. The van der Waals surface area contributed by atoms with Gasteiger partial charge in [-0.3, -0.25) is 4.79 Å². The molecular weight excluding hydrogens is 320 g/mol. The molecule has 8 heteroatoms. The first-order chi connectivity index (χ1) is 11.0. The van der Waals surface area contributed by atoms with Crippen LogP contribution < -0.4 is 10.6 Å². The van der Waals surface area contributed by atoms with E-state index in [1.807, 2.05) is 7.05 Å². The predicted molar refractivity (Wildman–Crippen MR) is 90.2 cm³/mol. The molecule has 5 unspecified atom stereocenters. The Bertz CT molecular complexity index is 348. The summed E-state index contributed by atoms with van der Waals surface area (Å²) in [6, 6.07) is -0.681. The topological polar surface area (TPSA) is 111 Å². The molecule has 23 heavy (non-hydrogen) atoms. The van der Waals surface area contributed by atoms with E-state index in [0.29, 0.717) is 0 Å². The van der Waals surface area contributed by atoms with Crippen LogP contribution in [0.15, 0.2) is 0 Å². The molecule has 1 aliphatic heterocycles. The van der Waals surface area contributed by atoms with Gasteiger partial charge in [-0.2, -0.15) is 0 Å². The van der Waals surface area contributed by atoms with Crippen LogP contribution in [-0.2, 0) is 9.53 Å². The van der Waals surface area contributed by atoms with Gasteiger partial charge in [-0.1, -0.05) is 12.8 Å². The van der Waals surface area contributed by atoms with E-state index in [2.05, 4.69) is 10.6 Å². The molecular formula is C15H30N2O5S. The van der Waals surface area contributed by atoms with Crippen molar-refractivity contribution in [2.24, 2.45) is 0 Å². The molecule has 1 amide bonds. The van der Waals surface area contributed by atoms with Crippen molar-refractivity contribution in [2.75, 3.05) is 26.0 Å². The minimum absolute atomic E-state index is 0.287. The molecule has 0 saturated carbocycles. The normalized spacial score (nSPS) is 31.1. The summed E-state index contributed by atoms with van der Waals surface area (Å²) in [4.78, 5) is 11.3. The molecule has 0 aromatic rings. The zero-order valence-electron chi connectivity index (χ0n) is 13.9. The van der Waals surface area contributed by atoms with Gasteiger partial charge in [0.05, 0.1) is 12.6 Å². The summed E-state index contributed by atoms with van der Waals surface area (Å²) in [5, 5.41) is 35.1. The second-order valence-electron chi connectivity index (χ2n) is 5.82. The van der Waals surface area contributed by atoms with E-state index in [1.165, 1.54) is 18.7 Å². The van der Waals surface area contributed by atoms with Gasteiger partial charge in [0.25, 0.3) is 0 Å². The Hall–Kier alpha value is -0.380. The minimum atomic E-state index is -1.21. The van der Waals surface area contributed by atoms with Crippen LogP contribution in [0.25, 0.3) is 0 Å². The van der Waals surface area contributed by atoms with E-state index in [4.69, 9.17) is 4.74 Å². The minimum Gasteiger partial charge on any atom is -0.394 e. The molecule has 0 aliphatic carbocycles. The number of carbonyl (C=O) groups excluding carboxylic acids is 1. The van der Waals surface area contributed by atoms with Crippen LogP contribution in [0.2, 0.25) is 0 Å². The number of thioether (sulfide) groups is 1. The average Bonchev–Trinajstić information content (AvgIpc) is 2.52. The molecule has 0 aromatic carbocycles.